The molecule has 0 aliphatic heterocycles. The fourth-order valence-corrected chi connectivity index (χ4v) is 4.18. The Labute approximate surface area is 181 Å². The summed E-state index contributed by atoms with van der Waals surface area (Å²) in [6, 6.07) is 24.8. The van der Waals surface area contributed by atoms with Gasteiger partial charge in [0, 0.05) is 11.1 Å². The molecule has 0 aromatic heterocycles. The first kappa shape index (κ1) is 19.3. The molecule has 31 heavy (non-hydrogen) atoms. The Bertz CT molecular complexity index is 1450. The number of hydrogen-bond acceptors (Lipinski definition) is 3. The summed E-state index contributed by atoms with van der Waals surface area (Å²) in [5.41, 5.74) is 3.12. The van der Waals surface area contributed by atoms with Gasteiger partial charge in [-0.1, -0.05) is 81.4 Å². The van der Waals surface area contributed by atoms with Gasteiger partial charge >= 0.3 is 0 Å². The molecule has 3 heteroatoms. The number of nitrogens with zero attached hydrogens (tertiary/aromatic N) is 2. The molecule has 0 saturated carbocycles. The van der Waals surface area contributed by atoms with Gasteiger partial charge in [0.05, 0.1) is 12.4 Å². The van der Waals surface area contributed by atoms with Crippen LogP contribution in [0.3, 0.4) is 0 Å². The van der Waals surface area contributed by atoms with Crippen LogP contribution >= 0.6 is 0 Å². The minimum absolute atomic E-state index is 0.105. The van der Waals surface area contributed by atoms with E-state index in [2.05, 4.69) is 79.5 Å². The molecule has 0 spiro atoms. The van der Waals surface area contributed by atoms with Crippen LogP contribution in [0.2, 0.25) is 0 Å². The summed E-state index contributed by atoms with van der Waals surface area (Å²) in [5.74, 6) is 0.193. The van der Waals surface area contributed by atoms with Gasteiger partial charge in [0.1, 0.15) is 5.75 Å². The number of para-hydroxylation sites is 1. The third kappa shape index (κ3) is 3.42. The van der Waals surface area contributed by atoms with Crippen LogP contribution in [0.1, 0.15) is 37.5 Å². The molecule has 0 radical (unpaired) electrons. The van der Waals surface area contributed by atoms with Crippen molar-refractivity contribution in [1.29, 1.82) is 0 Å². The van der Waals surface area contributed by atoms with Crippen molar-refractivity contribution in [2.45, 2.75) is 26.2 Å². The van der Waals surface area contributed by atoms with Crippen LogP contribution in [-0.4, -0.2) is 17.5 Å². The summed E-state index contributed by atoms with van der Waals surface area (Å²) in [4.78, 5) is 0. The molecule has 5 aromatic rings. The molecule has 0 unspecified atom stereocenters. The molecule has 0 amide bonds. The van der Waals surface area contributed by atoms with Gasteiger partial charge in [-0.2, -0.15) is 10.2 Å². The molecule has 0 aliphatic carbocycles. The summed E-state index contributed by atoms with van der Waals surface area (Å²) in [6.07, 6.45) is 3.35. The third-order valence-corrected chi connectivity index (χ3v) is 5.90. The molecule has 0 saturated heterocycles. The van der Waals surface area contributed by atoms with E-state index in [0.717, 1.165) is 5.56 Å². The van der Waals surface area contributed by atoms with Crippen LogP contribution in [-0.2, 0) is 5.41 Å². The molecular weight excluding hydrogens is 380 g/mol. The minimum Gasteiger partial charge on any atom is -0.507 e. The van der Waals surface area contributed by atoms with E-state index < -0.39 is 0 Å². The zero-order valence-corrected chi connectivity index (χ0v) is 17.9. The van der Waals surface area contributed by atoms with Crippen molar-refractivity contribution in [1.82, 2.24) is 0 Å². The first-order valence-electron chi connectivity index (χ1n) is 10.5. The van der Waals surface area contributed by atoms with E-state index in [1.165, 1.54) is 37.9 Å². The lowest BCUT2D eigenvalue weighted by atomic mass is 9.83. The van der Waals surface area contributed by atoms with Gasteiger partial charge in [-0.05, 0) is 55.4 Å². The van der Waals surface area contributed by atoms with Gasteiger partial charge in [-0.15, -0.1) is 0 Å². The normalized spacial score (nSPS) is 12.9. The van der Waals surface area contributed by atoms with Crippen LogP contribution < -0.4 is 0 Å². The van der Waals surface area contributed by atoms with Crippen molar-refractivity contribution in [3.05, 3.63) is 89.5 Å². The van der Waals surface area contributed by atoms with E-state index >= 15 is 0 Å². The molecule has 0 fully saturated rings. The summed E-state index contributed by atoms with van der Waals surface area (Å²) < 4.78 is 0. The van der Waals surface area contributed by atoms with Crippen LogP contribution in [0.5, 0.6) is 5.75 Å². The zero-order valence-electron chi connectivity index (χ0n) is 17.9. The monoisotopic (exact) mass is 404 g/mol. The molecule has 3 nitrogen and oxygen atoms in total. The maximum Gasteiger partial charge on any atom is 0.124 e. The lowest BCUT2D eigenvalue weighted by Gasteiger charge is -2.21. The summed E-state index contributed by atoms with van der Waals surface area (Å²) in [6.45, 7) is 6.76. The molecule has 0 heterocycles. The van der Waals surface area contributed by atoms with Crippen LogP contribution in [0.25, 0.3) is 32.3 Å². The van der Waals surface area contributed by atoms with Crippen LogP contribution in [0.15, 0.2) is 83.0 Å². The Hall–Kier alpha value is -3.72. The average Bonchev–Trinajstić information content (AvgIpc) is 2.76. The highest BCUT2D eigenvalue weighted by Gasteiger charge is 2.17. The van der Waals surface area contributed by atoms with Crippen LogP contribution in [0, 0.1) is 0 Å². The molecule has 0 bridgehead atoms. The average molecular weight is 405 g/mol. The first-order valence-corrected chi connectivity index (χ1v) is 10.5. The Morgan fingerprint density at radius 1 is 0.677 bits per heavy atom. The molecule has 1 N–H and O–H groups in total. The van der Waals surface area contributed by atoms with Crippen molar-refractivity contribution >= 4 is 44.7 Å². The maximum absolute atomic E-state index is 9.85. The second-order valence-electron chi connectivity index (χ2n) is 9.03. The smallest absolute Gasteiger partial charge is 0.124 e. The highest BCUT2D eigenvalue weighted by Crippen LogP contribution is 2.38. The van der Waals surface area contributed by atoms with Gasteiger partial charge in [-0.25, -0.2) is 0 Å². The van der Waals surface area contributed by atoms with E-state index in [9.17, 15) is 5.11 Å². The zero-order chi connectivity index (χ0) is 21.6. The van der Waals surface area contributed by atoms with E-state index in [-0.39, 0.29) is 11.2 Å². The van der Waals surface area contributed by atoms with Crippen molar-refractivity contribution in [2.24, 2.45) is 10.2 Å². The van der Waals surface area contributed by atoms with Crippen molar-refractivity contribution in [3.63, 3.8) is 0 Å². The summed E-state index contributed by atoms with van der Waals surface area (Å²) in [5, 5.41) is 25.7. The van der Waals surface area contributed by atoms with Crippen molar-refractivity contribution in [2.75, 3.05) is 0 Å². The van der Waals surface area contributed by atoms with E-state index in [1.54, 1.807) is 30.6 Å². The quantitative estimate of drug-likeness (QED) is 0.196. The fourth-order valence-electron chi connectivity index (χ4n) is 4.18. The van der Waals surface area contributed by atoms with Gasteiger partial charge in [0.2, 0.25) is 0 Å². The summed E-state index contributed by atoms with van der Waals surface area (Å²) in [7, 11) is 0. The number of phenols is 1. The van der Waals surface area contributed by atoms with Crippen molar-refractivity contribution < 1.29 is 5.11 Å². The molecular formula is C28H24N2O. The lowest BCUT2D eigenvalue weighted by Crippen LogP contribution is -2.10. The molecule has 152 valence electrons. The van der Waals surface area contributed by atoms with E-state index in [0.29, 0.717) is 5.56 Å². The Kier molecular flexibility index (Phi) is 4.48. The van der Waals surface area contributed by atoms with E-state index in [4.69, 9.17) is 0 Å². The fraction of sp³-hybridized carbons (Fsp3) is 0.143. The lowest BCUT2D eigenvalue weighted by molar-refractivity contribution is 0.474. The molecule has 5 aromatic carbocycles. The summed E-state index contributed by atoms with van der Waals surface area (Å²) >= 11 is 0. The van der Waals surface area contributed by atoms with E-state index in [1.807, 2.05) is 6.07 Å². The Balaban J connectivity index is 1.61. The van der Waals surface area contributed by atoms with Gasteiger partial charge in [0.25, 0.3) is 0 Å². The topological polar surface area (TPSA) is 45.0 Å². The maximum atomic E-state index is 9.85. The molecule has 0 atom stereocenters. The number of rotatable bonds is 3. The highest BCUT2D eigenvalue weighted by atomic mass is 16.3. The molecule has 5 rings (SSSR count). The minimum atomic E-state index is 0.105. The number of aromatic hydroxyl groups is 1. The Morgan fingerprint density at radius 2 is 1.29 bits per heavy atom. The SMILES string of the molecule is CC(C)(C)c1cc2ccc3ccc(/C=N/N=C/c4ccccc4O)c4ccc(c1)c2c34. The number of benzene rings is 5. The number of hydrogen-bond donors (Lipinski definition) is 1. The predicted molar refractivity (Wildman–Crippen MR) is 132 cm³/mol. The third-order valence-electron chi connectivity index (χ3n) is 5.90. The van der Waals surface area contributed by atoms with Crippen molar-refractivity contribution in [3.8, 4) is 5.75 Å². The van der Waals surface area contributed by atoms with Crippen LogP contribution in [0.4, 0.5) is 0 Å². The standard InChI is InChI=1S/C28H24N2O/c1-28(2,3)23-14-19-10-8-18-9-11-21(24-13-12-20(15-23)26(19)27(18)24)16-29-30-17-22-6-4-5-7-25(22)31/h4-17,31H,1-3H3/b29-16+,30-17+. The largest absolute Gasteiger partial charge is 0.507 e. The first-order chi connectivity index (χ1) is 14.9. The second-order valence-corrected chi connectivity index (χ2v) is 9.03. The second kappa shape index (κ2) is 7.21. The van der Waals surface area contributed by atoms with Gasteiger partial charge < -0.3 is 5.11 Å². The van der Waals surface area contributed by atoms with Gasteiger partial charge in [-0.3, -0.25) is 0 Å². The Morgan fingerprint density at radius 3 is 2.00 bits per heavy atom. The number of phenolic OH excluding ortho intramolecular Hbond substituents is 1. The van der Waals surface area contributed by atoms with Gasteiger partial charge in [0.15, 0.2) is 0 Å². The molecule has 0 aliphatic rings. The highest BCUT2D eigenvalue weighted by molar-refractivity contribution is 6.25. The predicted octanol–water partition coefficient (Wildman–Crippen LogP) is 7.04.